The van der Waals surface area contributed by atoms with Crippen LogP contribution in [-0.4, -0.2) is 35.1 Å². The number of ether oxygens (including phenoxy) is 2. The molecular formula is C16H18N4O3. The summed E-state index contributed by atoms with van der Waals surface area (Å²) in [5.41, 5.74) is 5.14. The maximum absolute atomic E-state index is 11.9. The zero-order valence-corrected chi connectivity index (χ0v) is 13.1. The number of carbonyl (C=O) groups is 1. The molecule has 1 aromatic carbocycles. The van der Waals surface area contributed by atoms with Gasteiger partial charge in [-0.1, -0.05) is 0 Å². The highest BCUT2D eigenvalue weighted by Gasteiger charge is 2.11. The average Bonchev–Trinajstić information content (AvgIpc) is 2.84. The average molecular weight is 314 g/mol. The minimum Gasteiger partial charge on any atom is -0.486 e. The number of amides is 1. The molecular weight excluding hydrogens is 296 g/mol. The first kappa shape index (κ1) is 15.1. The molecule has 0 atom stereocenters. The van der Waals surface area contributed by atoms with Gasteiger partial charge in [-0.3, -0.25) is 9.48 Å². The van der Waals surface area contributed by atoms with Crippen LogP contribution < -0.4 is 14.9 Å². The van der Waals surface area contributed by atoms with E-state index < -0.39 is 0 Å². The molecule has 1 N–H and O–H groups in total. The van der Waals surface area contributed by atoms with E-state index >= 15 is 0 Å². The normalized spacial score (nSPS) is 13.3. The van der Waals surface area contributed by atoms with Gasteiger partial charge in [0.15, 0.2) is 11.5 Å². The van der Waals surface area contributed by atoms with Crippen LogP contribution in [0.2, 0.25) is 0 Å². The van der Waals surface area contributed by atoms with Gasteiger partial charge in [0.1, 0.15) is 19.8 Å². The molecule has 0 bridgehead atoms. The Morgan fingerprint density at radius 1 is 1.30 bits per heavy atom. The number of hydrogen-bond acceptors (Lipinski definition) is 5. The number of nitrogens with zero attached hydrogens (tertiary/aromatic N) is 3. The molecule has 2 heterocycles. The van der Waals surface area contributed by atoms with E-state index in [1.54, 1.807) is 10.9 Å². The van der Waals surface area contributed by atoms with E-state index in [-0.39, 0.29) is 12.5 Å². The van der Waals surface area contributed by atoms with Crippen molar-refractivity contribution in [2.75, 3.05) is 13.2 Å². The molecule has 1 aliphatic rings. The fourth-order valence-corrected chi connectivity index (χ4v) is 2.33. The van der Waals surface area contributed by atoms with Gasteiger partial charge in [-0.15, -0.1) is 0 Å². The number of hydrazone groups is 1. The molecule has 0 radical (unpaired) electrons. The number of nitrogens with one attached hydrogen (secondary N) is 1. The second kappa shape index (κ2) is 6.51. The number of hydrogen-bond donors (Lipinski definition) is 1. The van der Waals surface area contributed by atoms with Gasteiger partial charge in [-0.05, 0) is 43.7 Å². The minimum atomic E-state index is -0.231. The summed E-state index contributed by atoms with van der Waals surface area (Å²) in [5, 5.41) is 8.20. The van der Waals surface area contributed by atoms with Crippen LogP contribution in [0.5, 0.6) is 11.5 Å². The van der Waals surface area contributed by atoms with Crippen LogP contribution in [0.25, 0.3) is 0 Å². The maximum Gasteiger partial charge on any atom is 0.261 e. The number of rotatable bonds is 4. The van der Waals surface area contributed by atoms with Crippen molar-refractivity contribution >= 4 is 12.1 Å². The lowest BCUT2D eigenvalue weighted by Gasteiger charge is -2.18. The van der Waals surface area contributed by atoms with Gasteiger partial charge in [0, 0.05) is 5.69 Å². The third kappa shape index (κ3) is 3.68. The summed E-state index contributed by atoms with van der Waals surface area (Å²) in [6.07, 6.45) is 1.57. The number of aryl methyl sites for hydroxylation is 2. The van der Waals surface area contributed by atoms with Crippen molar-refractivity contribution in [3.8, 4) is 11.5 Å². The molecule has 120 valence electrons. The third-order valence-corrected chi connectivity index (χ3v) is 3.37. The van der Waals surface area contributed by atoms with Gasteiger partial charge in [-0.25, -0.2) is 5.43 Å². The van der Waals surface area contributed by atoms with E-state index in [2.05, 4.69) is 15.6 Å². The third-order valence-electron chi connectivity index (χ3n) is 3.37. The van der Waals surface area contributed by atoms with Crippen LogP contribution in [0.15, 0.2) is 29.4 Å². The highest BCUT2D eigenvalue weighted by molar-refractivity contribution is 5.83. The fourth-order valence-electron chi connectivity index (χ4n) is 2.33. The topological polar surface area (TPSA) is 77.7 Å². The molecule has 0 saturated carbocycles. The summed E-state index contributed by atoms with van der Waals surface area (Å²) in [4.78, 5) is 11.9. The van der Waals surface area contributed by atoms with Crippen molar-refractivity contribution in [1.29, 1.82) is 0 Å². The van der Waals surface area contributed by atoms with Gasteiger partial charge in [0.05, 0.1) is 11.9 Å². The second-order valence-corrected chi connectivity index (χ2v) is 5.28. The number of carbonyl (C=O) groups excluding carboxylic acids is 1. The van der Waals surface area contributed by atoms with Gasteiger partial charge in [-0.2, -0.15) is 10.2 Å². The largest absolute Gasteiger partial charge is 0.486 e. The monoisotopic (exact) mass is 314 g/mol. The van der Waals surface area contributed by atoms with Crippen LogP contribution in [0.1, 0.15) is 17.0 Å². The van der Waals surface area contributed by atoms with Gasteiger partial charge < -0.3 is 9.47 Å². The first-order chi connectivity index (χ1) is 11.1. The Labute approximate surface area is 133 Å². The summed E-state index contributed by atoms with van der Waals surface area (Å²) >= 11 is 0. The Kier molecular flexibility index (Phi) is 4.27. The summed E-state index contributed by atoms with van der Waals surface area (Å²) in [7, 11) is 0. The van der Waals surface area contributed by atoms with E-state index in [0.717, 1.165) is 22.7 Å². The molecule has 1 aliphatic heterocycles. The van der Waals surface area contributed by atoms with Gasteiger partial charge in [0.25, 0.3) is 5.91 Å². The van der Waals surface area contributed by atoms with Crippen molar-refractivity contribution < 1.29 is 14.3 Å². The summed E-state index contributed by atoms with van der Waals surface area (Å²) in [5.74, 6) is 1.18. The Bertz CT molecular complexity index is 752. The van der Waals surface area contributed by atoms with Crippen LogP contribution in [0, 0.1) is 13.8 Å². The van der Waals surface area contributed by atoms with Crippen molar-refractivity contribution in [3.05, 3.63) is 41.2 Å². The molecule has 0 unspecified atom stereocenters. The maximum atomic E-state index is 11.9. The molecule has 3 rings (SSSR count). The SMILES string of the molecule is Cc1cc(C)n(CC(=O)N/N=C\c2ccc3c(c2)OCCO3)n1. The Morgan fingerprint density at radius 3 is 2.83 bits per heavy atom. The lowest BCUT2D eigenvalue weighted by atomic mass is 10.2. The van der Waals surface area contributed by atoms with Crippen LogP contribution in [0.3, 0.4) is 0 Å². The van der Waals surface area contributed by atoms with E-state index in [1.165, 1.54) is 0 Å². The fraction of sp³-hybridized carbons (Fsp3) is 0.312. The first-order valence-corrected chi connectivity index (χ1v) is 7.34. The van der Waals surface area contributed by atoms with E-state index in [1.807, 2.05) is 38.1 Å². The molecule has 0 spiro atoms. The molecule has 7 nitrogen and oxygen atoms in total. The number of benzene rings is 1. The molecule has 0 saturated heterocycles. The zero-order valence-electron chi connectivity index (χ0n) is 13.1. The molecule has 0 aliphatic carbocycles. The van der Waals surface area contributed by atoms with Crippen molar-refractivity contribution in [2.24, 2.45) is 5.10 Å². The standard InChI is InChI=1S/C16H18N4O3/c1-11-7-12(2)20(19-11)10-16(21)18-17-9-13-3-4-14-15(8-13)23-6-5-22-14/h3-4,7-9H,5-6,10H2,1-2H3,(H,18,21)/b17-9-. The Morgan fingerprint density at radius 2 is 2.09 bits per heavy atom. The van der Waals surface area contributed by atoms with Crippen LogP contribution in [-0.2, 0) is 11.3 Å². The van der Waals surface area contributed by atoms with Gasteiger partial charge >= 0.3 is 0 Å². The lowest BCUT2D eigenvalue weighted by molar-refractivity contribution is -0.121. The predicted octanol–water partition coefficient (Wildman–Crippen LogP) is 1.42. The van der Waals surface area contributed by atoms with E-state index in [0.29, 0.717) is 19.0 Å². The molecule has 23 heavy (non-hydrogen) atoms. The molecule has 1 amide bonds. The summed E-state index contributed by atoms with van der Waals surface area (Å²) < 4.78 is 12.6. The van der Waals surface area contributed by atoms with E-state index in [4.69, 9.17) is 9.47 Å². The lowest BCUT2D eigenvalue weighted by Crippen LogP contribution is -2.24. The molecule has 0 fully saturated rings. The van der Waals surface area contributed by atoms with Crippen LogP contribution in [0.4, 0.5) is 0 Å². The Hall–Kier alpha value is -2.83. The van der Waals surface area contributed by atoms with Crippen molar-refractivity contribution in [2.45, 2.75) is 20.4 Å². The van der Waals surface area contributed by atoms with Crippen LogP contribution >= 0.6 is 0 Å². The molecule has 2 aromatic rings. The minimum absolute atomic E-state index is 0.137. The van der Waals surface area contributed by atoms with Gasteiger partial charge in [0.2, 0.25) is 0 Å². The quantitative estimate of drug-likeness (QED) is 0.684. The smallest absolute Gasteiger partial charge is 0.261 e. The summed E-state index contributed by atoms with van der Waals surface area (Å²) in [6.45, 7) is 5.03. The highest BCUT2D eigenvalue weighted by Crippen LogP contribution is 2.30. The molecule has 1 aromatic heterocycles. The number of fused-ring (bicyclic) bond motifs is 1. The van der Waals surface area contributed by atoms with E-state index in [9.17, 15) is 4.79 Å². The van der Waals surface area contributed by atoms with Crippen molar-refractivity contribution in [3.63, 3.8) is 0 Å². The summed E-state index contributed by atoms with van der Waals surface area (Å²) in [6, 6.07) is 7.43. The highest BCUT2D eigenvalue weighted by atomic mass is 16.6. The Balaban J connectivity index is 1.58. The zero-order chi connectivity index (χ0) is 16.2. The first-order valence-electron chi connectivity index (χ1n) is 7.34. The predicted molar refractivity (Wildman–Crippen MR) is 84.9 cm³/mol. The van der Waals surface area contributed by atoms with Crippen molar-refractivity contribution in [1.82, 2.24) is 15.2 Å². The number of aromatic nitrogens is 2. The second-order valence-electron chi connectivity index (χ2n) is 5.28. The molecule has 7 heteroatoms.